The third-order valence-electron chi connectivity index (χ3n) is 2.44. The first kappa shape index (κ1) is 16.2. The quantitative estimate of drug-likeness (QED) is 0.521. The van der Waals surface area contributed by atoms with Crippen LogP contribution in [0.15, 0.2) is 23.0 Å². The monoisotopic (exact) mass is 284 g/mol. The summed E-state index contributed by atoms with van der Waals surface area (Å²) in [6.45, 7) is 1.60. The Balaban J connectivity index is 1.99. The molecule has 0 spiro atoms. The first-order valence-corrected chi connectivity index (χ1v) is 6.49. The molecule has 1 aromatic heterocycles. The van der Waals surface area contributed by atoms with Crippen LogP contribution in [0.1, 0.15) is 23.2 Å². The number of amides is 2. The Labute approximate surface area is 117 Å². The van der Waals surface area contributed by atoms with Gasteiger partial charge in [-0.1, -0.05) is 0 Å². The zero-order valence-electron chi connectivity index (χ0n) is 11.3. The molecule has 0 unspecified atom stereocenters. The lowest BCUT2D eigenvalue weighted by Gasteiger charge is -2.06. The van der Waals surface area contributed by atoms with Gasteiger partial charge in [-0.05, 0) is 12.5 Å². The van der Waals surface area contributed by atoms with Crippen molar-refractivity contribution < 1.29 is 23.8 Å². The summed E-state index contributed by atoms with van der Waals surface area (Å²) in [5.41, 5.74) is 0.437. The van der Waals surface area contributed by atoms with Crippen molar-refractivity contribution in [3.63, 3.8) is 0 Å². The Morgan fingerprint density at radius 3 is 2.80 bits per heavy atom. The number of rotatable bonds is 10. The van der Waals surface area contributed by atoms with Crippen molar-refractivity contribution in [2.75, 3.05) is 32.9 Å². The first-order valence-electron chi connectivity index (χ1n) is 6.49. The van der Waals surface area contributed by atoms with Crippen molar-refractivity contribution in [3.05, 3.63) is 24.2 Å². The summed E-state index contributed by atoms with van der Waals surface area (Å²) in [5, 5.41) is 13.8. The van der Waals surface area contributed by atoms with Gasteiger partial charge in [-0.25, -0.2) is 0 Å². The molecule has 1 heterocycles. The minimum atomic E-state index is -0.260. The molecule has 0 saturated heterocycles. The van der Waals surface area contributed by atoms with Gasteiger partial charge in [-0.2, -0.15) is 0 Å². The topological polar surface area (TPSA) is 101 Å². The van der Waals surface area contributed by atoms with E-state index >= 15 is 0 Å². The maximum Gasteiger partial charge on any atom is 0.254 e. The van der Waals surface area contributed by atoms with Gasteiger partial charge in [0.1, 0.15) is 6.26 Å². The molecule has 2 amide bonds. The molecule has 1 rings (SSSR count). The van der Waals surface area contributed by atoms with Gasteiger partial charge in [0.2, 0.25) is 5.91 Å². The molecule has 112 valence electrons. The van der Waals surface area contributed by atoms with E-state index in [1.807, 2.05) is 0 Å². The van der Waals surface area contributed by atoms with Crippen LogP contribution in [0.3, 0.4) is 0 Å². The Morgan fingerprint density at radius 1 is 1.25 bits per heavy atom. The SMILES string of the molecule is O=C(CCNC(=O)c1ccoc1)NCCCOCCO. The fraction of sp³-hybridized carbons (Fsp3) is 0.538. The van der Waals surface area contributed by atoms with Crippen molar-refractivity contribution in [1.29, 1.82) is 0 Å². The van der Waals surface area contributed by atoms with E-state index in [4.69, 9.17) is 14.3 Å². The maximum absolute atomic E-state index is 11.5. The second kappa shape index (κ2) is 9.99. The second-order valence-corrected chi connectivity index (χ2v) is 4.06. The number of aliphatic hydroxyl groups excluding tert-OH is 1. The van der Waals surface area contributed by atoms with Gasteiger partial charge in [0, 0.05) is 26.1 Å². The van der Waals surface area contributed by atoms with Crippen LogP contribution in [-0.4, -0.2) is 49.8 Å². The number of hydrogen-bond acceptors (Lipinski definition) is 5. The van der Waals surface area contributed by atoms with Gasteiger partial charge in [0.25, 0.3) is 5.91 Å². The smallest absolute Gasteiger partial charge is 0.254 e. The van der Waals surface area contributed by atoms with Crippen LogP contribution in [0.4, 0.5) is 0 Å². The molecule has 7 heteroatoms. The fourth-order valence-electron chi connectivity index (χ4n) is 1.44. The molecule has 3 N–H and O–H groups in total. The summed E-state index contributed by atoms with van der Waals surface area (Å²) in [6.07, 6.45) is 3.68. The minimum absolute atomic E-state index is 0.00270. The molecule has 0 saturated carbocycles. The van der Waals surface area contributed by atoms with Crippen LogP contribution in [0.2, 0.25) is 0 Å². The predicted molar refractivity (Wildman–Crippen MR) is 71.2 cm³/mol. The number of furan rings is 1. The van der Waals surface area contributed by atoms with Crippen LogP contribution >= 0.6 is 0 Å². The molecule has 0 bridgehead atoms. The minimum Gasteiger partial charge on any atom is -0.472 e. The highest BCUT2D eigenvalue weighted by atomic mass is 16.5. The number of nitrogens with one attached hydrogen (secondary N) is 2. The number of carbonyl (C=O) groups is 2. The Morgan fingerprint density at radius 2 is 2.10 bits per heavy atom. The van der Waals surface area contributed by atoms with Crippen LogP contribution in [0, 0.1) is 0 Å². The summed E-state index contributed by atoms with van der Waals surface area (Å²) in [4.78, 5) is 22.9. The van der Waals surface area contributed by atoms with Crippen LogP contribution in [0.25, 0.3) is 0 Å². The van der Waals surface area contributed by atoms with Crippen LogP contribution in [0.5, 0.6) is 0 Å². The zero-order chi connectivity index (χ0) is 14.6. The molecule has 0 aliphatic heterocycles. The lowest BCUT2D eigenvalue weighted by Crippen LogP contribution is -2.31. The Bertz CT molecular complexity index is 391. The Kier molecular flexibility index (Phi) is 8.09. The molecule has 20 heavy (non-hydrogen) atoms. The molecule has 0 fully saturated rings. The number of hydrogen-bond donors (Lipinski definition) is 3. The van der Waals surface area contributed by atoms with E-state index in [0.29, 0.717) is 31.7 Å². The molecule has 0 radical (unpaired) electrons. The van der Waals surface area contributed by atoms with Crippen molar-refractivity contribution in [1.82, 2.24) is 10.6 Å². The highest BCUT2D eigenvalue weighted by Gasteiger charge is 2.07. The van der Waals surface area contributed by atoms with Crippen molar-refractivity contribution >= 4 is 11.8 Å². The van der Waals surface area contributed by atoms with Gasteiger partial charge in [-0.3, -0.25) is 9.59 Å². The van der Waals surface area contributed by atoms with E-state index in [1.165, 1.54) is 12.5 Å². The van der Waals surface area contributed by atoms with Gasteiger partial charge in [0.15, 0.2) is 0 Å². The molecule has 7 nitrogen and oxygen atoms in total. The predicted octanol–water partition coefficient (Wildman–Crippen LogP) is -0.0853. The van der Waals surface area contributed by atoms with Crippen molar-refractivity contribution in [3.8, 4) is 0 Å². The van der Waals surface area contributed by atoms with E-state index in [0.717, 1.165) is 0 Å². The largest absolute Gasteiger partial charge is 0.472 e. The van der Waals surface area contributed by atoms with Gasteiger partial charge < -0.3 is 24.9 Å². The first-order chi connectivity index (χ1) is 9.74. The average molecular weight is 284 g/mol. The molecule has 0 aromatic carbocycles. The summed E-state index contributed by atoms with van der Waals surface area (Å²) >= 11 is 0. The van der Waals surface area contributed by atoms with Crippen molar-refractivity contribution in [2.45, 2.75) is 12.8 Å². The van der Waals surface area contributed by atoms with Gasteiger partial charge in [-0.15, -0.1) is 0 Å². The Hall–Kier alpha value is -1.86. The van der Waals surface area contributed by atoms with E-state index in [9.17, 15) is 9.59 Å². The highest BCUT2D eigenvalue weighted by molar-refractivity contribution is 5.93. The van der Waals surface area contributed by atoms with E-state index in [-0.39, 0.29) is 31.4 Å². The molecule has 0 aliphatic rings. The van der Waals surface area contributed by atoms with E-state index in [2.05, 4.69) is 10.6 Å². The molecular formula is C13H20N2O5. The fourth-order valence-corrected chi connectivity index (χ4v) is 1.44. The number of ether oxygens (including phenoxy) is 1. The summed E-state index contributed by atoms with van der Waals surface area (Å²) < 4.78 is 9.84. The molecule has 0 atom stereocenters. The van der Waals surface area contributed by atoms with Crippen molar-refractivity contribution in [2.24, 2.45) is 0 Å². The standard InChI is InChI=1S/C13H20N2O5/c16-6-9-19-7-1-4-14-12(17)2-5-15-13(18)11-3-8-20-10-11/h3,8,10,16H,1-2,4-7,9H2,(H,14,17)(H,15,18). The molecular weight excluding hydrogens is 264 g/mol. The van der Waals surface area contributed by atoms with E-state index < -0.39 is 0 Å². The second-order valence-electron chi connectivity index (χ2n) is 4.06. The normalized spacial score (nSPS) is 10.2. The van der Waals surface area contributed by atoms with Gasteiger partial charge in [0.05, 0.1) is 25.0 Å². The third kappa shape index (κ3) is 6.91. The van der Waals surface area contributed by atoms with E-state index in [1.54, 1.807) is 6.07 Å². The summed E-state index contributed by atoms with van der Waals surface area (Å²) in [7, 11) is 0. The highest BCUT2D eigenvalue weighted by Crippen LogP contribution is 1.98. The third-order valence-corrected chi connectivity index (χ3v) is 2.44. The summed E-state index contributed by atoms with van der Waals surface area (Å²) in [5.74, 6) is -0.386. The van der Waals surface area contributed by atoms with Crippen LogP contribution < -0.4 is 10.6 Å². The summed E-state index contributed by atoms with van der Waals surface area (Å²) in [6, 6.07) is 1.56. The number of carbonyl (C=O) groups excluding carboxylic acids is 2. The molecule has 1 aromatic rings. The van der Waals surface area contributed by atoms with Gasteiger partial charge >= 0.3 is 0 Å². The zero-order valence-corrected chi connectivity index (χ0v) is 11.3. The lowest BCUT2D eigenvalue weighted by molar-refractivity contribution is -0.121. The van der Waals surface area contributed by atoms with Crippen LogP contribution in [-0.2, 0) is 9.53 Å². The average Bonchev–Trinajstić information content (AvgIpc) is 2.96. The lowest BCUT2D eigenvalue weighted by atomic mass is 10.3. The maximum atomic E-state index is 11.5. The molecule has 0 aliphatic carbocycles. The number of aliphatic hydroxyl groups is 1.